The summed E-state index contributed by atoms with van der Waals surface area (Å²) in [5, 5.41) is 5.76. The highest BCUT2D eigenvalue weighted by Gasteiger charge is 2.15. The van der Waals surface area contributed by atoms with E-state index in [1.807, 2.05) is 14.1 Å². The maximum atomic E-state index is 11.6. The molecule has 0 saturated carbocycles. The molecule has 1 unspecified atom stereocenters. The molecule has 2 amide bonds. The molecule has 1 aromatic rings. The zero-order valence-corrected chi connectivity index (χ0v) is 13.6. The van der Waals surface area contributed by atoms with Crippen molar-refractivity contribution < 1.29 is 9.53 Å². The summed E-state index contributed by atoms with van der Waals surface area (Å²) in [6, 6.07) is 8.44. The topological polar surface area (TPSA) is 53.6 Å². The SMILES string of the molecule is CN(C)c1ccc(CCCNC(=O)NCC2CCCO2)cc1. The van der Waals surface area contributed by atoms with E-state index in [0.717, 1.165) is 32.3 Å². The van der Waals surface area contributed by atoms with Gasteiger partial charge in [-0.2, -0.15) is 0 Å². The van der Waals surface area contributed by atoms with E-state index in [1.165, 1.54) is 11.3 Å². The molecule has 0 bridgehead atoms. The van der Waals surface area contributed by atoms with Crippen LogP contribution in [0.4, 0.5) is 10.5 Å². The predicted octanol–water partition coefficient (Wildman–Crippen LogP) is 2.16. The van der Waals surface area contributed by atoms with Crippen LogP contribution in [0.3, 0.4) is 0 Å². The maximum Gasteiger partial charge on any atom is 0.314 e. The average molecular weight is 305 g/mol. The Hall–Kier alpha value is -1.75. The third-order valence-electron chi connectivity index (χ3n) is 3.89. The van der Waals surface area contributed by atoms with Crippen molar-refractivity contribution in [2.24, 2.45) is 0 Å². The van der Waals surface area contributed by atoms with Gasteiger partial charge < -0.3 is 20.3 Å². The first-order valence-electron chi connectivity index (χ1n) is 8.05. The Kier molecular flexibility index (Phi) is 6.52. The van der Waals surface area contributed by atoms with Gasteiger partial charge in [0.25, 0.3) is 0 Å². The average Bonchev–Trinajstić information content (AvgIpc) is 3.03. The molecule has 22 heavy (non-hydrogen) atoms. The molecular formula is C17H27N3O2. The summed E-state index contributed by atoms with van der Waals surface area (Å²) < 4.78 is 5.47. The Labute approximate surface area is 133 Å². The number of carbonyl (C=O) groups excluding carboxylic acids is 1. The number of rotatable bonds is 7. The molecule has 1 aromatic carbocycles. The zero-order valence-electron chi connectivity index (χ0n) is 13.6. The predicted molar refractivity (Wildman–Crippen MR) is 89.5 cm³/mol. The first kappa shape index (κ1) is 16.6. The van der Waals surface area contributed by atoms with Gasteiger partial charge in [0, 0.05) is 39.5 Å². The number of nitrogens with one attached hydrogen (secondary N) is 2. The standard InChI is InChI=1S/C17H27N3O2/c1-20(2)15-9-7-14(8-10-15)5-3-11-18-17(21)19-13-16-6-4-12-22-16/h7-10,16H,3-6,11-13H2,1-2H3,(H2,18,19,21). The molecule has 0 radical (unpaired) electrons. The molecule has 1 atom stereocenters. The minimum atomic E-state index is -0.0987. The van der Waals surface area contributed by atoms with E-state index >= 15 is 0 Å². The largest absolute Gasteiger partial charge is 0.378 e. The number of amides is 2. The van der Waals surface area contributed by atoms with Crippen molar-refractivity contribution in [2.75, 3.05) is 38.7 Å². The van der Waals surface area contributed by atoms with Gasteiger partial charge in [-0.1, -0.05) is 12.1 Å². The highest BCUT2D eigenvalue weighted by atomic mass is 16.5. The smallest absolute Gasteiger partial charge is 0.314 e. The van der Waals surface area contributed by atoms with Crippen LogP contribution in [0.15, 0.2) is 24.3 Å². The van der Waals surface area contributed by atoms with Crippen LogP contribution >= 0.6 is 0 Å². The van der Waals surface area contributed by atoms with Crippen LogP contribution in [0.25, 0.3) is 0 Å². The second kappa shape index (κ2) is 8.63. The van der Waals surface area contributed by atoms with Gasteiger partial charge in [0.1, 0.15) is 0 Å². The van der Waals surface area contributed by atoms with E-state index in [0.29, 0.717) is 13.1 Å². The molecule has 5 nitrogen and oxygen atoms in total. The molecule has 1 saturated heterocycles. The lowest BCUT2D eigenvalue weighted by atomic mass is 10.1. The molecule has 0 spiro atoms. The Morgan fingerprint density at radius 3 is 2.68 bits per heavy atom. The Morgan fingerprint density at radius 1 is 1.27 bits per heavy atom. The molecular weight excluding hydrogens is 278 g/mol. The van der Waals surface area contributed by atoms with Crippen molar-refractivity contribution in [3.05, 3.63) is 29.8 Å². The molecule has 122 valence electrons. The molecule has 1 heterocycles. The number of benzene rings is 1. The van der Waals surface area contributed by atoms with Crippen molar-refractivity contribution in [3.8, 4) is 0 Å². The third kappa shape index (κ3) is 5.56. The van der Waals surface area contributed by atoms with Gasteiger partial charge in [0.15, 0.2) is 0 Å². The van der Waals surface area contributed by atoms with Crippen LogP contribution in [0.1, 0.15) is 24.8 Å². The lowest BCUT2D eigenvalue weighted by Gasteiger charge is -2.13. The van der Waals surface area contributed by atoms with Crippen LogP contribution in [-0.4, -0.2) is 45.9 Å². The third-order valence-corrected chi connectivity index (χ3v) is 3.89. The quantitative estimate of drug-likeness (QED) is 0.759. The first-order chi connectivity index (χ1) is 10.6. The number of carbonyl (C=O) groups is 1. The van der Waals surface area contributed by atoms with Gasteiger partial charge in [-0.3, -0.25) is 0 Å². The van der Waals surface area contributed by atoms with Crippen LogP contribution in [0.5, 0.6) is 0 Å². The Bertz CT molecular complexity index is 453. The van der Waals surface area contributed by atoms with Crippen LogP contribution in [-0.2, 0) is 11.2 Å². The fourth-order valence-corrected chi connectivity index (χ4v) is 2.53. The summed E-state index contributed by atoms with van der Waals surface area (Å²) >= 11 is 0. The Morgan fingerprint density at radius 2 is 2.05 bits per heavy atom. The van der Waals surface area contributed by atoms with E-state index in [4.69, 9.17) is 4.74 Å². The number of aryl methyl sites for hydroxylation is 1. The molecule has 1 aliphatic heterocycles. The second-order valence-electron chi connectivity index (χ2n) is 5.94. The molecule has 0 aromatic heterocycles. The van der Waals surface area contributed by atoms with Crippen LogP contribution < -0.4 is 15.5 Å². The molecule has 5 heteroatoms. The molecule has 0 aliphatic carbocycles. The van der Waals surface area contributed by atoms with E-state index in [2.05, 4.69) is 39.8 Å². The van der Waals surface area contributed by atoms with Gasteiger partial charge in [-0.05, 0) is 43.4 Å². The van der Waals surface area contributed by atoms with E-state index in [-0.39, 0.29) is 12.1 Å². The lowest BCUT2D eigenvalue weighted by Crippen LogP contribution is -2.40. The van der Waals surface area contributed by atoms with Gasteiger partial charge >= 0.3 is 6.03 Å². The van der Waals surface area contributed by atoms with Crippen LogP contribution in [0.2, 0.25) is 0 Å². The normalized spacial score (nSPS) is 17.3. The first-order valence-corrected chi connectivity index (χ1v) is 8.05. The highest BCUT2D eigenvalue weighted by Crippen LogP contribution is 2.13. The summed E-state index contributed by atoms with van der Waals surface area (Å²) in [6.07, 6.45) is 4.25. The second-order valence-corrected chi connectivity index (χ2v) is 5.94. The van der Waals surface area contributed by atoms with E-state index < -0.39 is 0 Å². The molecule has 1 fully saturated rings. The summed E-state index contributed by atoms with van der Waals surface area (Å²) in [7, 11) is 4.07. The van der Waals surface area contributed by atoms with E-state index in [1.54, 1.807) is 0 Å². The number of ether oxygens (including phenoxy) is 1. The number of hydrogen-bond acceptors (Lipinski definition) is 3. The van der Waals surface area contributed by atoms with Crippen LogP contribution in [0, 0.1) is 0 Å². The van der Waals surface area contributed by atoms with Crippen molar-refractivity contribution in [2.45, 2.75) is 31.8 Å². The van der Waals surface area contributed by atoms with Gasteiger partial charge in [-0.25, -0.2) is 4.79 Å². The molecule has 2 rings (SSSR count). The number of hydrogen-bond donors (Lipinski definition) is 2. The fraction of sp³-hybridized carbons (Fsp3) is 0.588. The monoisotopic (exact) mass is 305 g/mol. The summed E-state index contributed by atoms with van der Waals surface area (Å²) in [5.74, 6) is 0. The number of anilines is 1. The maximum absolute atomic E-state index is 11.6. The fourth-order valence-electron chi connectivity index (χ4n) is 2.53. The highest BCUT2D eigenvalue weighted by molar-refractivity contribution is 5.73. The van der Waals surface area contributed by atoms with E-state index in [9.17, 15) is 4.79 Å². The summed E-state index contributed by atoms with van der Waals surface area (Å²) in [4.78, 5) is 13.7. The minimum Gasteiger partial charge on any atom is -0.378 e. The van der Waals surface area contributed by atoms with Gasteiger partial charge in [0.05, 0.1) is 6.10 Å². The molecule has 2 N–H and O–H groups in total. The van der Waals surface area contributed by atoms with Crippen molar-refractivity contribution >= 4 is 11.7 Å². The summed E-state index contributed by atoms with van der Waals surface area (Å²) in [6.45, 7) is 2.12. The summed E-state index contributed by atoms with van der Waals surface area (Å²) in [5.41, 5.74) is 2.50. The zero-order chi connectivity index (χ0) is 15.8. The number of urea groups is 1. The Balaban J connectivity index is 1.57. The number of nitrogens with zero attached hydrogens (tertiary/aromatic N) is 1. The van der Waals surface area contributed by atoms with Gasteiger partial charge in [-0.15, -0.1) is 0 Å². The van der Waals surface area contributed by atoms with Crippen molar-refractivity contribution in [1.29, 1.82) is 0 Å². The molecule has 1 aliphatic rings. The van der Waals surface area contributed by atoms with Crippen molar-refractivity contribution in [3.63, 3.8) is 0 Å². The van der Waals surface area contributed by atoms with Gasteiger partial charge in [0.2, 0.25) is 0 Å². The lowest BCUT2D eigenvalue weighted by molar-refractivity contribution is 0.111. The van der Waals surface area contributed by atoms with Crippen molar-refractivity contribution in [1.82, 2.24) is 10.6 Å². The minimum absolute atomic E-state index is 0.0987.